The molecule has 0 unspecified atom stereocenters. The summed E-state index contributed by atoms with van der Waals surface area (Å²) >= 11 is 5.99. The van der Waals surface area contributed by atoms with E-state index in [1.54, 1.807) is 80.9 Å². The molecule has 2 amide bonds. The first-order valence-corrected chi connectivity index (χ1v) is 10.4. The molecule has 0 saturated carbocycles. The zero-order valence-corrected chi connectivity index (χ0v) is 19.0. The summed E-state index contributed by atoms with van der Waals surface area (Å²) in [5, 5.41) is 3.61. The van der Waals surface area contributed by atoms with Crippen LogP contribution in [0.5, 0.6) is 17.2 Å². The highest BCUT2D eigenvalue weighted by atomic mass is 35.5. The molecule has 0 aliphatic carbocycles. The second kappa shape index (κ2) is 9.26. The lowest BCUT2D eigenvalue weighted by Gasteiger charge is -2.16. The molecule has 0 aromatic heterocycles. The van der Waals surface area contributed by atoms with E-state index in [-0.39, 0.29) is 11.3 Å². The van der Waals surface area contributed by atoms with Crippen LogP contribution in [-0.4, -0.2) is 33.1 Å². The summed E-state index contributed by atoms with van der Waals surface area (Å²) in [6.07, 6.45) is 0. The van der Waals surface area contributed by atoms with Gasteiger partial charge in [0.25, 0.3) is 11.8 Å². The van der Waals surface area contributed by atoms with Gasteiger partial charge in [0.1, 0.15) is 22.9 Å². The Morgan fingerprint density at radius 3 is 2.00 bits per heavy atom. The summed E-state index contributed by atoms with van der Waals surface area (Å²) in [6, 6.07) is 18.6. The predicted molar refractivity (Wildman–Crippen MR) is 127 cm³/mol. The zero-order chi connectivity index (χ0) is 23.5. The SMILES string of the molecule is COc1ccc(C2=C(Nc3cc(OC)ccc3OC)C(=O)N(c3ccc(Cl)cc3)C2=O)cc1. The van der Waals surface area contributed by atoms with Crippen molar-refractivity contribution in [3.05, 3.63) is 83.0 Å². The van der Waals surface area contributed by atoms with Crippen LogP contribution in [0.25, 0.3) is 5.57 Å². The number of imide groups is 1. The highest BCUT2D eigenvalue weighted by Gasteiger charge is 2.40. The number of hydrogen-bond acceptors (Lipinski definition) is 6. The molecule has 3 aromatic carbocycles. The Kier molecular flexibility index (Phi) is 6.24. The number of nitrogens with zero attached hydrogens (tertiary/aromatic N) is 1. The van der Waals surface area contributed by atoms with Crippen molar-refractivity contribution in [3.8, 4) is 17.2 Å². The maximum absolute atomic E-state index is 13.5. The second-order valence-electron chi connectivity index (χ2n) is 7.09. The molecule has 1 heterocycles. The predicted octanol–water partition coefficient (Wildman–Crippen LogP) is 4.76. The Morgan fingerprint density at radius 2 is 1.39 bits per heavy atom. The first-order chi connectivity index (χ1) is 16.0. The van der Waals surface area contributed by atoms with Crippen molar-refractivity contribution in [2.75, 3.05) is 31.5 Å². The summed E-state index contributed by atoms with van der Waals surface area (Å²) in [4.78, 5) is 28.2. The minimum atomic E-state index is -0.502. The van der Waals surface area contributed by atoms with Crippen LogP contribution in [0.2, 0.25) is 5.02 Å². The molecule has 0 saturated heterocycles. The molecule has 0 bridgehead atoms. The molecule has 1 aliphatic heterocycles. The standard InChI is InChI=1S/C25H21ClN2O5/c1-31-18-10-4-15(5-11-18)22-23(27-20-14-19(32-2)12-13-21(20)33-3)25(30)28(24(22)29)17-8-6-16(26)7-9-17/h4-14,27H,1-3H3. The fourth-order valence-electron chi connectivity index (χ4n) is 3.54. The normalized spacial score (nSPS) is 13.4. The van der Waals surface area contributed by atoms with E-state index in [4.69, 9.17) is 25.8 Å². The minimum absolute atomic E-state index is 0.117. The van der Waals surface area contributed by atoms with Crippen molar-refractivity contribution in [1.29, 1.82) is 0 Å². The Balaban J connectivity index is 1.84. The minimum Gasteiger partial charge on any atom is -0.497 e. The lowest BCUT2D eigenvalue weighted by Crippen LogP contribution is -2.32. The Bertz CT molecular complexity index is 1240. The van der Waals surface area contributed by atoms with Gasteiger partial charge in [0.15, 0.2) is 0 Å². The first-order valence-electron chi connectivity index (χ1n) is 9.99. The van der Waals surface area contributed by atoms with Gasteiger partial charge in [0, 0.05) is 11.1 Å². The van der Waals surface area contributed by atoms with Crippen molar-refractivity contribution < 1.29 is 23.8 Å². The van der Waals surface area contributed by atoms with Gasteiger partial charge in [-0.25, -0.2) is 4.90 Å². The van der Waals surface area contributed by atoms with Crippen molar-refractivity contribution in [3.63, 3.8) is 0 Å². The van der Waals surface area contributed by atoms with Crippen LogP contribution in [-0.2, 0) is 9.59 Å². The monoisotopic (exact) mass is 464 g/mol. The zero-order valence-electron chi connectivity index (χ0n) is 18.2. The van der Waals surface area contributed by atoms with Gasteiger partial charge >= 0.3 is 0 Å². The lowest BCUT2D eigenvalue weighted by molar-refractivity contribution is -0.120. The van der Waals surface area contributed by atoms with Crippen molar-refractivity contribution in [2.45, 2.75) is 0 Å². The van der Waals surface area contributed by atoms with Gasteiger partial charge in [0.05, 0.1) is 38.3 Å². The number of carbonyl (C=O) groups is 2. The van der Waals surface area contributed by atoms with E-state index in [1.807, 2.05) is 0 Å². The number of carbonyl (C=O) groups excluding carboxylic acids is 2. The maximum Gasteiger partial charge on any atom is 0.282 e. The van der Waals surface area contributed by atoms with Gasteiger partial charge < -0.3 is 19.5 Å². The first kappa shape index (κ1) is 22.2. The number of nitrogens with one attached hydrogen (secondary N) is 1. The van der Waals surface area contributed by atoms with E-state index in [0.29, 0.717) is 39.2 Å². The van der Waals surface area contributed by atoms with Gasteiger partial charge in [-0.3, -0.25) is 9.59 Å². The number of anilines is 2. The van der Waals surface area contributed by atoms with E-state index in [2.05, 4.69) is 5.32 Å². The highest BCUT2D eigenvalue weighted by molar-refractivity contribution is 6.46. The van der Waals surface area contributed by atoms with Crippen LogP contribution >= 0.6 is 11.6 Å². The van der Waals surface area contributed by atoms with E-state index in [9.17, 15) is 9.59 Å². The Morgan fingerprint density at radius 1 is 0.758 bits per heavy atom. The third-order valence-corrected chi connectivity index (χ3v) is 5.47. The summed E-state index contributed by atoms with van der Waals surface area (Å²) in [5.41, 5.74) is 1.80. The van der Waals surface area contributed by atoms with E-state index >= 15 is 0 Å². The topological polar surface area (TPSA) is 77.1 Å². The van der Waals surface area contributed by atoms with Gasteiger partial charge in [-0.15, -0.1) is 0 Å². The largest absolute Gasteiger partial charge is 0.497 e. The summed E-state index contributed by atoms with van der Waals surface area (Å²) < 4.78 is 16.0. The van der Waals surface area contributed by atoms with Crippen LogP contribution in [0.4, 0.5) is 11.4 Å². The second-order valence-corrected chi connectivity index (χ2v) is 7.53. The number of ether oxygens (including phenoxy) is 3. The van der Waals surface area contributed by atoms with Gasteiger partial charge in [-0.1, -0.05) is 23.7 Å². The molecule has 1 aliphatic rings. The van der Waals surface area contributed by atoms with Gasteiger partial charge in [-0.2, -0.15) is 0 Å². The van der Waals surface area contributed by atoms with Gasteiger partial charge in [0.2, 0.25) is 0 Å². The molecule has 3 aromatic rings. The molecule has 0 radical (unpaired) electrons. The number of methoxy groups -OCH3 is 3. The average molecular weight is 465 g/mol. The van der Waals surface area contributed by atoms with Crippen LogP contribution in [0, 0.1) is 0 Å². The number of rotatable bonds is 7. The van der Waals surface area contributed by atoms with Crippen molar-refractivity contribution in [2.24, 2.45) is 0 Å². The molecular weight excluding hydrogens is 444 g/mol. The average Bonchev–Trinajstić information content (AvgIpc) is 3.08. The smallest absolute Gasteiger partial charge is 0.282 e. The summed E-state index contributed by atoms with van der Waals surface area (Å²) in [7, 11) is 4.62. The van der Waals surface area contributed by atoms with Gasteiger partial charge in [-0.05, 0) is 54.1 Å². The molecule has 1 N–H and O–H groups in total. The van der Waals surface area contributed by atoms with Crippen LogP contribution < -0.4 is 24.4 Å². The molecule has 0 fully saturated rings. The quantitative estimate of drug-likeness (QED) is 0.508. The van der Waals surface area contributed by atoms with E-state index in [0.717, 1.165) is 4.90 Å². The fourth-order valence-corrected chi connectivity index (χ4v) is 3.67. The van der Waals surface area contributed by atoms with Crippen LogP contribution in [0.1, 0.15) is 5.56 Å². The highest BCUT2D eigenvalue weighted by Crippen LogP contribution is 2.37. The molecule has 33 heavy (non-hydrogen) atoms. The number of amides is 2. The summed E-state index contributed by atoms with van der Waals surface area (Å²) in [5.74, 6) is 0.725. The van der Waals surface area contributed by atoms with E-state index < -0.39 is 11.8 Å². The van der Waals surface area contributed by atoms with E-state index in [1.165, 1.54) is 7.11 Å². The Labute approximate surface area is 196 Å². The molecule has 0 atom stereocenters. The third kappa shape index (κ3) is 4.23. The number of halogens is 1. The number of benzene rings is 3. The molecule has 8 heteroatoms. The molecule has 7 nitrogen and oxygen atoms in total. The number of hydrogen-bond donors (Lipinski definition) is 1. The van der Waals surface area contributed by atoms with Crippen LogP contribution in [0.15, 0.2) is 72.4 Å². The molecule has 4 rings (SSSR count). The fraction of sp³-hybridized carbons (Fsp3) is 0.120. The van der Waals surface area contributed by atoms with Crippen molar-refractivity contribution in [1.82, 2.24) is 0 Å². The lowest BCUT2D eigenvalue weighted by atomic mass is 10.0. The molecule has 0 spiro atoms. The molecular formula is C25H21ClN2O5. The van der Waals surface area contributed by atoms with Crippen LogP contribution in [0.3, 0.4) is 0 Å². The third-order valence-electron chi connectivity index (χ3n) is 5.21. The Hall–Kier alpha value is -3.97. The van der Waals surface area contributed by atoms with Crippen molar-refractivity contribution >= 4 is 40.4 Å². The summed E-state index contributed by atoms with van der Waals surface area (Å²) in [6.45, 7) is 0. The molecule has 168 valence electrons. The maximum atomic E-state index is 13.5.